The van der Waals surface area contributed by atoms with E-state index in [2.05, 4.69) is 49.8 Å². The van der Waals surface area contributed by atoms with E-state index in [1.54, 1.807) is 6.20 Å². The summed E-state index contributed by atoms with van der Waals surface area (Å²) in [5, 5.41) is 7.75. The summed E-state index contributed by atoms with van der Waals surface area (Å²) in [6, 6.07) is 12.7. The van der Waals surface area contributed by atoms with Gasteiger partial charge in [0.05, 0.1) is 22.0 Å². The summed E-state index contributed by atoms with van der Waals surface area (Å²) in [7, 11) is 0. The highest BCUT2D eigenvalue weighted by molar-refractivity contribution is 8.04. The number of amides is 1. The smallest absolute Gasteiger partial charge is 0.258 e. The Labute approximate surface area is 191 Å². The monoisotopic (exact) mass is 446 g/mol. The number of rotatable bonds is 5. The van der Waals surface area contributed by atoms with Gasteiger partial charge < -0.3 is 15.5 Å². The lowest BCUT2D eigenvalue weighted by Crippen LogP contribution is -2.46. The van der Waals surface area contributed by atoms with E-state index in [1.807, 2.05) is 25.1 Å². The van der Waals surface area contributed by atoms with Crippen LogP contribution in [0.5, 0.6) is 0 Å². The molecule has 4 heterocycles. The second kappa shape index (κ2) is 9.26. The van der Waals surface area contributed by atoms with Crippen LogP contribution in [-0.2, 0) is 11.3 Å². The molecule has 2 saturated heterocycles. The van der Waals surface area contributed by atoms with Gasteiger partial charge in [0.1, 0.15) is 0 Å². The Bertz CT molecular complexity index is 1180. The van der Waals surface area contributed by atoms with Crippen LogP contribution in [0.1, 0.15) is 29.8 Å². The number of benzene rings is 1. The topological polar surface area (TPSA) is 83.0 Å². The maximum Gasteiger partial charge on any atom is 0.258 e. The van der Waals surface area contributed by atoms with E-state index in [9.17, 15) is 4.79 Å². The quantitative estimate of drug-likeness (QED) is 0.582. The molecule has 1 atom stereocenters. The van der Waals surface area contributed by atoms with Gasteiger partial charge in [0.15, 0.2) is 0 Å². The molecule has 0 bridgehead atoms. The van der Waals surface area contributed by atoms with Crippen molar-refractivity contribution in [3.63, 3.8) is 0 Å². The molecule has 2 fully saturated rings. The number of aromatic nitrogens is 3. The second-order valence-corrected chi connectivity index (χ2v) is 9.21. The van der Waals surface area contributed by atoms with E-state index in [-0.39, 0.29) is 5.91 Å². The number of aryl methyl sites for hydroxylation is 1. The predicted octanol–water partition coefficient (Wildman–Crippen LogP) is 3.25. The zero-order valence-corrected chi connectivity index (χ0v) is 18.9. The van der Waals surface area contributed by atoms with Crippen molar-refractivity contribution >= 4 is 40.6 Å². The van der Waals surface area contributed by atoms with Crippen LogP contribution >= 0.6 is 11.8 Å². The molecule has 7 nitrogen and oxygen atoms in total. The highest BCUT2D eigenvalue weighted by Crippen LogP contribution is 2.24. The van der Waals surface area contributed by atoms with Crippen molar-refractivity contribution in [3.05, 3.63) is 64.5 Å². The average Bonchev–Trinajstić information content (AvgIpc) is 3.22. The van der Waals surface area contributed by atoms with Crippen molar-refractivity contribution in [2.75, 3.05) is 23.9 Å². The van der Waals surface area contributed by atoms with Crippen molar-refractivity contribution in [2.24, 2.45) is 0 Å². The first kappa shape index (κ1) is 20.9. The molecule has 0 aliphatic carbocycles. The van der Waals surface area contributed by atoms with Gasteiger partial charge in [0.25, 0.3) is 5.91 Å². The molecule has 8 heteroatoms. The number of carbonyl (C=O) groups is 1. The predicted molar refractivity (Wildman–Crippen MR) is 129 cm³/mol. The molecule has 2 aliphatic heterocycles. The van der Waals surface area contributed by atoms with Gasteiger partial charge in [-0.2, -0.15) is 0 Å². The highest BCUT2D eigenvalue weighted by atomic mass is 32.2. The molecule has 0 radical (unpaired) electrons. The Morgan fingerprint density at radius 3 is 3.06 bits per heavy atom. The first-order chi connectivity index (χ1) is 15.7. The van der Waals surface area contributed by atoms with Gasteiger partial charge in [-0.1, -0.05) is 30.0 Å². The Morgan fingerprint density at radius 2 is 2.19 bits per heavy atom. The van der Waals surface area contributed by atoms with Crippen LogP contribution in [-0.4, -0.2) is 45.9 Å². The maximum atomic E-state index is 11.8. The van der Waals surface area contributed by atoms with Crippen LogP contribution in [0, 0.1) is 6.92 Å². The van der Waals surface area contributed by atoms with Crippen molar-refractivity contribution in [2.45, 2.75) is 32.4 Å². The van der Waals surface area contributed by atoms with Crippen LogP contribution in [0.15, 0.2) is 47.5 Å². The van der Waals surface area contributed by atoms with Crippen LogP contribution < -0.4 is 15.5 Å². The number of piperidine rings is 1. The highest BCUT2D eigenvalue weighted by Gasteiger charge is 2.22. The van der Waals surface area contributed by atoms with Crippen molar-refractivity contribution < 1.29 is 4.79 Å². The molecular formula is C24H26N6OS. The molecule has 2 N–H and O–H groups in total. The minimum atomic E-state index is -0.0312. The van der Waals surface area contributed by atoms with Crippen molar-refractivity contribution in [1.82, 2.24) is 25.6 Å². The molecule has 5 rings (SSSR count). The lowest BCUT2D eigenvalue weighted by atomic mass is 10.0. The third-order valence-corrected chi connectivity index (χ3v) is 6.75. The first-order valence-corrected chi connectivity index (χ1v) is 11.9. The fraction of sp³-hybridized carbons (Fsp3) is 0.333. The second-order valence-electron chi connectivity index (χ2n) is 8.19. The van der Waals surface area contributed by atoms with E-state index >= 15 is 0 Å². The molecule has 32 heavy (non-hydrogen) atoms. The Hall–Kier alpha value is -2.97. The van der Waals surface area contributed by atoms with Gasteiger partial charge in [0, 0.05) is 43.0 Å². The largest absolute Gasteiger partial charge is 0.342 e. The number of hydrogen-bond donors (Lipinski definition) is 2. The summed E-state index contributed by atoms with van der Waals surface area (Å²) in [6.45, 7) is 4.65. The Balaban J connectivity index is 1.27. The summed E-state index contributed by atoms with van der Waals surface area (Å²) in [5.74, 6) is 1.31. The van der Waals surface area contributed by atoms with Gasteiger partial charge in [-0.25, -0.2) is 9.97 Å². The number of nitrogens with zero attached hydrogens (tertiary/aromatic N) is 4. The summed E-state index contributed by atoms with van der Waals surface area (Å²) in [6.07, 6.45) is 5.82. The van der Waals surface area contributed by atoms with Gasteiger partial charge >= 0.3 is 0 Å². The SMILES string of the molecule is Cc1cc(CN[C@H]2CCCN(c3nccc(/C=C4\SCNC4=O)n3)C2)c2ccccc2n1. The zero-order chi connectivity index (χ0) is 21.9. The molecule has 0 saturated carbocycles. The standard InChI is InChI=1S/C24H26N6OS/c1-16-11-17(20-6-2-3-7-21(20)28-16)13-26-19-5-4-10-30(14-19)24-25-9-8-18(29-24)12-22-23(31)27-15-32-22/h2-3,6-9,11-12,19,26H,4-5,10,13-15H2,1H3,(H,27,31)/b22-12-/t19-/m0/s1. The van der Waals surface area contributed by atoms with Crippen molar-refractivity contribution in [3.8, 4) is 0 Å². The molecule has 0 unspecified atom stereocenters. The number of nitrogens with one attached hydrogen (secondary N) is 2. The number of thioether (sulfide) groups is 1. The molecule has 2 aliphatic rings. The lowest BCUT2D eigenvalue weighted by molar-refractivity contribution is -0.116. The summed E-state index contributed by atoms with van der Waals surface area (Å²) in [4.78, 5) is 28.6. The molecule has 1 amide bonds. The van der Waals surface area contributed by atoms with Gasteiger partial charge in [-0.3, -0.25) is 9.78 Å². The summed E-state index contributed by atoms with van der Waals surface area (Å²) < 4.78 is 0. The van der Waals surface area contributed by atoms with Crippen LogP contribution in [0.4, 0.5) is 5.95 Å². The summed E-state index contributed by atoms with van der Waals surface area (Å²) >= 11 is 1.51. The van der Waals surface area contributed by atoms with E-state index in [0.29, 0.717) is 16.8 Å². The fourth-order valence-electron chi connectivity index (χ4n) is 4.29. The molecular weight excluding hydrogens is 420 g/mol. The number of pyridine rings is 1. The van der Waals surface area contributed by atoms with Gasteiger partial charge in [-0.05, 0) is 49.6 Å². The number of fused-ring (bicyclic) bond motifs is 1. The number of carbonyl (C=O) groups excluding carboxylic acids is 1. The van der Waals surface area contributed by atoms with Gasteiger partial charge in [0.2, 0.25) is 5.95 Å². The minimum absolute atomic E-state index is 0.0312. The molecule has 0 spiro atoms. The maximum absolute atomic E-state index is 11.8. The van der Waals surface area contributed by atoms with E-state index < -0.39 is 0 Å². The van der Waals surface area contributed by atoms with Crippen LogP contribution in [0.2, 0.25) is 0 Å². The number of anilines is 1. The molecule has 2 aromatic heterocycles. The van der Waals surface area contributed by atoms with Crippen LogP contribution in [0.3, 0.4) is 0 Å². The molecule has 1 aromatic carbocycles. The number of para-hydroxylation sites is 1. The fourth-order valence-corrected chi connectivity index (χ4v) is 5.06. The first-order valence-electron chi connectivity index (χ1n) is 10.9. The van der Waals surface area contributed by atoms with Crippen LogP contribution in [0.25, 0.3) is 17.0 Å². The Morgan fingerprint density at radius 1 is 1.28 bits per heavy atom. The van der Waals surface area contributed by atoms with E-state index in [4.69, 9.17) is 4.98 Å². The third kappa shape index (κ3) is 4.61. The van der Waals surface area contributed by atoms with E-state index in [1.165, 1.54) is 22.7 Å². The van der Waals surface area contributed by atoms with Crippen molar-refractivity contribution in [1.29, 1.82) is 0 Å². The lowest BCUT2D eigenvalue weighted by Gasteiger charge is -2.33. The molecule has 164 valence electrons. The van der Waals surface area contributed by atoms with Gasteiger partial charge in [-0.15, -0.1) is 0 Å². The Kier molecular flexibility index (Phi) is 6.05. The molecule has 3 aromatic rings. The summed E-state index contributed by atoms with van der Waals surface area (Å²) in [5.41, 5.74) is 4.13. The van der Waals surface area contributed by atoms with E-state index in [0.717, 1.165) is 55.3 Å². The number of hydrogen-bond acceptors (Lipinski definition) is 7. The average molecular weight is 447 g/mol. The minimum Gasteiger partial charge on any atom is -0.342 e. The zero-order valence-electron chi connectivity index (χ0n) is 18.0. The normalized spacial score (nSPS) is 20.2. The third-order valence-electron chi connectivity index (χ3n) is 5.84.